The maximum atomic E-state index is 11.8. The molecular weight excluding hydrogens is 342 g/mol. The smallest absolute Gasteiger partial charge is 0.244 e. The van der Waals surface area contributed by atoms with Crippen molar-refractivity contribution < 1.29 is 9.21 Å². The van der Waals surface area contributed by atoms with Gasteiger partial charge in [0.05, 0.1) is 0 Å². The highest BCUT2D eigenvalue weighted by Crippen LogP contribution is 2.23. The summed E-state index contributed by atoms with van der Waals surface area (Å²) in [6.07, 6.45) is 3.16. The Kier molecular flexibility index (Phi) is 4.39. The lowest BCUT2D eigenvalue weighted by molar-refractivity contribution is -0.116. The summed E-state index contributed by atoms with van der Waals surface area (Å²) in [5.74, 6) is 0.508. The lowest BCUT2D eigenvalue weighted by Crippen LogP contribution is -2.20. The van der Waals surface area contributed by atoms with Crippen LogP contribution in [0.2, 0.25) is 0 Å². The number of carbonyl (C=O) groups excluding carboxylic acids is 1. The van der Waals surface area contributed by atoms with E-state index in [1.807, 2.05) is 54.6 Å². The zero-order valence-electron chi connectivity index (χ0n) is 11.8. The van der Waals surface area contributed by atoms with Gasteiger partial charge in [0.15, 0.2) is 0 Å². The minimum Gasteiger partial charge on any atom is -0.457 e. The molecule has 1 aromatic heterocycles. The van der Waals surface area contributed by atoms with Crippen molar-refractivity contribution in [1.82, 2.24) is 5.32 Å². The van der Waals surface area contributed by atoms with Crippen LogP contribution in [0.5, 0.6) is 0 Å². The first kappa shape index (κ1) is 14.6. The Morgan fingerprint density at radius 1 is 1.14 bits per heavy atom. The van der Waals surface area contributed by atoms with E-state index in [-0.39, 0.29) is 5.91 Å². The monoisotopic (exact) mass is 355 g/mol. The lowest BCUT2D eigenvalue weighted by atomic mass is 10.2. The number of furan rings is 1. The molecule has 0 saturated carbocycles. The third-order valence-corrected chi connectivity index (χ3v) is 3.70. The fraction of sp³-hybridized carbons (Fsp3) is 0.0556. The van der Waals surface area contributed by atoms with Crippen molar-refractivity contribution in [2.45, 2.75) is 6.54 Å². The molecule has 1 amide bonds. The third kappa shape index (κ3) is 3.65. The summed E-state index contributed by atoms with van der Waals surface area (Å²) in [5.41, 5.74) is 1.87. The normalized spacial score (nSPS) is 11.1. The molecule has 3 nitrogen and oxygen atoms in total. The van der Waals surface area contributed by atoms with Gasteiger partial charge in [0.25, 0.3) is 0 Å². The Balaban J connectivity index is 1.63. The third-order valence-electron chi connectivity index (χ3n) is 3.21. The van der Waals surface area contributed by atoms with Crippen LogP contribution >= 0.6 is 15.9 Å². The number of amides is 1. The van der Waals surface area contributed by atoms with Crippen LogP contribution in [-0.4, -0.2) is 5.91 Å². The van der Waals surface area contributed by atoms with E-state index in [0.717, 1.165) is 21.0 Å². The fourth-order valence-electron chi connectivity index (χ4n) is 2.12. The second-order valence-electron chi connectivity index (χ2n) is 4.87. The zero-order valence-corrected chi connectivity index (χ0v) is 13.3. The molecule has 0 aliphatic rings. The van der Waals surface area contributed by atoms with Gasteiger partial charge in [-0.3, -0.25) is 4.79 Å². The molecule has 22 heavy (non-hydrogen) atoms. The molecule has 1 heterocycles. The molecule has 4 heteroatoms. The Hall–Kier alpha value is -2.33. The van der Waals surface area contributed by atoms with E-state index in [2.05, 4.69) is 21.2 Å². The second-order valence-corrected chi connectivity index (χ2v) is 5.78. The van der Waals surface area contributed by atoms with E-state index in [0.29, 0.717) is 12.3 Å². The number of rotatable bonds is 4. The van der Waals surface area contributed by atoms with Crippen molar-refractivity contribution in [3.8, 4) is 0 Å². The number of fused-ring (bicyclic) bond motifs is 1. The average Bonchev–Trinajstić information content (AvgIpc) is 2.94. The van der Waals surface area contributed by atoms with Crippen LogP contribution in [0.3, 0.4) is 0 Å². The SMILES string of the molecule is O=C(C=Cc1cc2cc(Br)ccc2o1)NCc1ccccc1. The van der Waals surface area contributed by atoms with Crippen molar-refractivity contribution in [3.63, 3.8) is 0 Å². The van der Waals surface area contributed by atoms with E-state index in [1.165, 1.54) is 6.08 Å². The Morgan fingerprint density at radius 3 is 2.77 bits per heavy atom. The molecule has 0 fully saturated rings. The van der Waals surface area contributed by atoms with Gasteiger partial charge >= 0.3 is 0 Å². The Labute approximate surface area is 136 Å². The van der Waals surface area contributed by atoms with Gasteiger partial charge < -0.3 is 9.73 Å². The summed E-state index contributed by atoms with van der Waals surface area (Å²) in [6.45, 7) is 0.511. The molecule has 0 spiro atoms. The summed E-state index contributed by atoms with van der Waals surface area (Å²) in [7, 11) is 0. The Morgan fingerprint density at radius 2 is 1.95 bits per heavy atom. The Bertz CT molecular complexity index is 821. The second kappa shape index (κ2) is 6.62. The highest BCUT2D eigenvalue weighted by Gasteiger charge is 2.02. The van der Waals surface area contributed by atoms with Gasteiger partial charge in [0, 0.05) is 22.5 Å². The van der Waals surface area contributed by atoms with Gasteiger partial charge in [0.1, 0.15) is 11.3 Å². The summed E-state index contributed by atoms with van der Waals surface area (Å²) in [5, 5.41) is 3.84. The number of carbonyl (C=O) groups is 1. The fourth-order valence-corrected chi connectivity index (χ4v) is 2.50. The van der Waals surface area contributed by atoms with Crippen molar-refractivity contribution in [3.05, 3.63) is 76.5 Å². The maximum Gasteiger partial charge on any atom is 0.244 e. The number of hydrogen-bond acceptors (Lipinski definition) is 2. The van der Waals surface area contributed by atoms with Crippen LogP contribution in [0.25, 0.3) is 17.0 Å². The minimum atomic E-state index is -0.148. The van der Waals surface area contributed by atoms with E-state index >= 15 is 0 Å². The van der Waals surface area contributed by atoms with Gasteiger partial charge in [-0.2, -0.15) is 0 Å². The molecule has 1 N–H and O–H groups in total. The summed E-state index contributed by atoms with van der Waals surface area (Å²) in [6, 6.07) is 17.5. The van der Waals surface area contributed by atoms with Crippen LogP contribution in [0, 0.1) is 0 Å². The first-order valence-electron chi connectivity index (χ1n) is 6.90. The molecule has 0 aliphatic carbocycles. The van der Waals surface area contributed by atoms with Crippen molar-refractivity contribution in [2.24, 2.45) is 0 Å². The summed E-state index contributed by atoms with van der Waals surface area (Å²) >= 11 is 3.42. The van der Waals surface area contributed by atoms with Gasteiger partial charge in [-0.1, -0.05) is 46.3 Å². The predicted octanol–water partition coefficient (Wildman–Crippen LogP) is 4.52. The van der Waals surface area contributed by atoms with Gasteiger partial charge in [0.2, 0.25) is 5.91 Å². The van der Waals surface area contributed by atoms with Crippen LogP contribution < -0.4 is 5.32 Å². The molecule has 0 bridgehead atoms. The van der Waals surface area contributed by atoms with Gasteiger partial charge in [-0.25, -0.2) is 0 Å². The summed E-state index contributed by atoms with van der Waals surface area (Å²) in [4.78, 5) is 11.8. The summed E-state index contributed by atoms with van der Waals surface area (Å²) < 4.78 is 6.65. The molecule has 3 aromatic rings. The standard InChI is InChI=1S/C18H14BrNO2/c19-15-6-8-17-14(10-15)11-16(22-17)7-9-18(21)20-12-13-4-2-1-3-5-13/h1-11H,12H2,(H,20,21). The highest BCUT2D eigenvalue weighted by atomic mass is 79.9. The molecule has 0 unspecified atom stereocenters. The first-order chi connectivity index (χ1) is 10.7. The molecule has 2 aromatic carbocycles. The van der Waals surface area contributed by atoms with Crippen LogP contribution in [0.15, 0.2) is 69.6 Å². The van der Waals surface area contributed by atoms with Gasteiger partial charge in [-0.15, -0.1) is 0 Å². The average molecular weight is 356 g/mol. The molecule has 0 atom stereocenters. The zero-order chi connectivity index (χ0) is 15.4. The van der Waals surface area contributed by atoms with E-state index in [4.69, 9.17) is 4.42 Å². The van der Waals surface area contributed by atoms with Crippen molar-refractivity contribution >= 4 is 38.9 Å². The van der Waals surface area contributed by atoms with Gasteiger partial charge in [-0.05, 0) is 35.9 Å². The quantitative estimate of drug-likeness (QED) is 0.698. The number of nitrogens with one attached hydrogen (secondary N) is 1. The van der Waals surface area contributed by atoms with Crippen LogP contribution in [0.1, 0.15) is 11.3 Å². The van der Waals surface area contributed by atoms with E-state index in [1.54, 1.807) is 6.08 Å². The highest BCUT2D eigenvalue weighted by molar-refractivity contribution is 9.10. The first-order valence-corrected chi connectivity index (χ1v) is 7.69. The van der Waals surface area contributed by atoms with E-state index < -0.39 is 0 Å². The number of hydrogen-bond donors (Lipinski definition) is 1. The van der Waals surface area contributed by atoms with Crippen LogP contribution in [0.4, 0.5) is 0 Å². The molecule has 0 radical (unpaired) electrons. The molecule has 0 saturated heterocycles. The maximum absolute atomic E-state index is 11.8. The molecular formula is C18H14BrNO2. The van der Waals surface area contributed by atoms with Crippen molar-refractivity contribution in [2.75, 3.05) is 0 Å². The van der Waals surface area contributed by atoms with E-state index in [9.17, 15) is 4.79 Å². The molecule has 0 aliphatic heterocycles. The van der Waals surface area contributed by atoms with Crippen molar-refractivity contribution in [1.29, 1.82) is 0 Å². The molecule has 3 rings (SSSR count). The van der Waals surface area contributed by atoms with Crippen LogP contribution in [-0.2, 0) is 11.3 Å². The number of benzene rings is 2. The topological polar surface area (TPSA) is 42.2 Å². The molecule has 110 valence electrons. The lowest BCUT2D eigenvalue weighted by Gasteiger charge is -2.01. The largest absolute Gasteiger partial charge is 0.457 e. The predicted molar refractivity (Wildman–Crippen MR) is 91.2 cm³/mol. The number of halogens is 1. The minimum absolute atomic E-state index is 0.148.